The van der Waals surface area contributed by atoms with Gasteiger partial charge < -0.3 is 15.3 Å². The molecule has 3 aromatic rings. The standard InChI is InChI=1S/C24H26BrN5O5S/c1-26-23(31)22-19-11-18(14-3-4-14)21(12-20(19)27-29(22)16-7-5-15(25)6-8-16)30(36(2,34)35)17-9-10-28(13-17)24(32)33/h5-8,11-12,14,17H,3-4,9-10,13H2,1-2H3,(H,26,31)(H,32,33). The quantitative estimate of drug-likeness (QED) is 0.463. The van der Waals surface area contributed by atoms with Gasteiger partial charge in [-0.15, -0.1) is 0 Å². The van der Waals surface area contributed by atoms with Crippen molar-refractivity contribution in [3.8, 4) is 5.69 Å². The van der Waals surface area contributed by atoms with Gasteiger partial charge in [-0.05, 0) is 67.1 Å². The van der Waals surface area contributed by atoms with Gasteiger partial charge in [-0.2, -0.15) is 5.10 Å². The number of anilines is 1. The number of carbonyl (C=O) groups is 2. The molecular formula is C24H26BrN5O5S. The van der Waals surface area contributed by atoms with E-state index in [1.54, 1.807) is 17.8 Å². The van der Waals surface area contributed by atoms with Gasteiger partial charge >= 0.3 is 6.09 Å². The van der Waals surface area contributed by atoms with E-state index in [-0.39, 0.29) is 24.9 Å². The molecule has 10 nitrogen and oxygen atoms in total. The van der Waals surface area contributed by atoms with Crippen molar-refractivity contribution in [2.45, 2.75) is 31.2 Å². The molecule has 190 valence electrons. The summed E-state index contributed by atoms with van der Waals surface area (Å²) in [6.07, 6.45) is 2.31. The molecule has 36 heavy (non-hydrogen) atoms. The van der Waals surface area contributed by atoms with Crippen molar-refractivity contribution in [3.63, 3.8) is 0 Å². The van der Waals surface area contributed by atoms with Crippen molar-refractivity contribution in [3.05, 3.63) is 52.1 Å². The smallest absolute Gasteiger partial charge is 0.407 e. The highest BCUT2D eigenvalue weighted by Gasteiger charge is 2.39. The third kappa shape index (κ3) is 4.43. The van der Waals surface area contributed by atoms with Gasteiger partial charge in [0.05, 0.1) is 29.2 Å². The lowest BCUT2D eigenvalue weighted by atomic mass is 10.0. The minimum atomic E-state index is -3.73. The lowest BCUT2D eigenvalue weighted by Gasteiger charge is -2.30. The Morgan fingerprint density at radius 1 is 1.17 bits per heavy atom. The van der Waals surface area contributed by atoms with Gasteiger partial charge in [0.1, 0.15) is 5.69 Å². The number of amides is 2. The van der Waals surface area contributed by atoms with Gasteiger partial charge in [0.25, 0.3) is 5.91 Å². The fourth-order valence-electron chi connectivity index (χ4n) is 4.91. The summed E-state index contributed by atoms with van der Waals surface area (Å²) < 4.78 is 30.0. The SMILES string of the molecule is CNC(=O)c1c2cc(C3CC3)c(N(C3CCN(C(=O)O)C3)S(C)(=O)=O)cc2nn1-c1ccc(Br)cc1. The average Bonchev–Trinajstić information content (AvgIpc) is 3.43. The van der Waals surface area contributed by atoms with Crippen LogP contribution in [0.25, 0.3) is 16.6 Å². The van der Waals surface area contributed by atoms with E-state index in [0.29, 0.717) is 34.4 Å². The maximum absolute atomic E-state index is 13.1. The number of benzene rings is 2. The number of likely N-dealkylation sites (tertiary alicyclic amines) is 1. The molecule has 1 saturated carbocycles. The maximum Gasteiger partial charge on any atom is 0.407 e. The molecule has 0 radical (unpaired) electrons. The number of hydrogen-bond acceptors (Lipinski definition) is 5. The van der Waals surface area contributed by atoms with Gasteiger partial charge in [0.2, 0.25) is 10.0 Å². The summed E-state index contributed by atoms with van der Waals surface area (Å²) in [6, 6.07) is 10.5. The van der Waals surface area contributed by atoms with Crippen LogP contribution in [-0.2, 0) is 10.0 Å². The van der Waals surface area contributed by atoms with Crippen LogP contribution in [0.15, 0.2) is 40.9 Å². The van der Waals surface area contributed by atoms with Crippen LogP contribution in [0.4, 0.5) is 10.5 Å². The van der Waals surface area contributed by atoms with Crippen LogP contribution in [0.3, 0.4) is 0 Å². The van der Waals surface area contributed by atoms with Gasteiger partial charge in [-0.25, -0.2) is 17.9 Å². The van der Waals surface area contributed by atoms with E-state index >= 15 is 0 Å². The molecule has 2 aliphatic rings. The molecule has 1 saturated heterocycles. The molecule has 2 heterocycles. The molecule has 0 spiro atoms. The van der Waals surface area contributed by atoms with Crippen molar-refractivity contribution < 1.29 is 23.1 Å². The monoisotopic (exact) mass is 575 g/mol. The first kappa shape index (κ1) is 24.6. The predicted octanol–water partition coefficient (Wildman–Crippen LogP) is 3.54. The van der Waals surface area contributed by atoms with E-state index in [9.17, 15) is 23.1 Å². The van der Waals surface area contributed by atoms with Crippen molar-refractivity contribution in [2.24, 2.45) is 0 Å². The Balaban J connectivity index is 1.72. The van der Waals surface area contributed by atoms with Crippen LogP contribution in [0, 0.1) is 0 Å². The number of halogens is 1. The molecule has 2 aromatic carbocycles. The number of nitrogens with zero attached hydrogens (tertiary/aromatic N) is 4. The largest absolute Gasteiger partial charge is 0.465 e. The molecule has 2 fully saturated rings. The highest BCUT2D eigenvalue weighted by molar-refractivity contribution is 9.10. The second-order valence-electron chi connectivity index (χ2n) is 9.25. The highest BCUT2D eigenvalue weighted by Crippen LogP contribution is 2.47. The number of carbonyl (C=O) groups excluding carboxylic acids is 1. The van der Waals surface area contributed by atoms with E-state index in [4.69, 9.17) is 5.10 Å². The fraction of sp³-hybridized carbons (Fsp3) is 0.375. The van der Waals surface area contributed by atoms with E-state index in [1.165, 1.54) is 9.21 Å². The van der Waals surface area contributed by atoms with Gasteiger partial charge in [0.15, 0.2) is 0 Å². The lowest BCUT2D eigenvalue weighted by Crippen LogP contribution is -2.42. The summed E-state index contributed by atoms with van der Waals surface area (Å²) in [7, 11) is -2.18. The van der Waals surface area contributed by atoms with Crippen molar-refractivity contribution in [2.75, 3.05) is 30.7 Å². The van der Waals surface area contributed by atoms with Crippen LogP contribution in [0.1, 0.15) is 41.2 Å². The predicted molar refractivity (Wildman–Crippen MR) is 139 cm³/mol. The summed E-state index contributed by atoms with van der Waals surface area (Å²) in [6.45, 7) is 0.368. The highest BCUT2D eigenvalue weighted by atomic mass is 79.9. The minimum absolute atomic E-state index is 0.0986. The van der Waals surface area contributed by atoms with Crippen LogP contribution >= 0.6 is 15.9 Å². The summed E-state index contributed by atoms with van der Waals surface area (Å²) in [4.78, 5) is 25.7. The van der Waals surface area contributed by atoms with Crippen LogP contribution < -0.4 is 9.62 Å². The first-order valence-electron chi connectivity index (χ1n) is 11.6. The zero-order valence-corrected chi connectivity index (χ0v) is 22.2. The summed E-state index contributed by atoms with van der Waals surface area (Å²) in [5.41, 5.74) is 2.89. The first-order valence-corrected chi connectivity index (χ1v) is 14.2. The van der Waals surface area contributed by atoms with E-state index in [1.807, 2.05) is 30.3 Å². The minimum Gasteiger partial charge on any atom is -0.465 e. The van der Waals surface area contributed by atoms with Crippen molar-refractivity contribution in [1.29, 1.82) is 0 Å². The Kier molecular flexibility index (Phi) is 6.19. The van der Waals surface area contributed by atoms with E-state index in [2.05, 4.69) is 21.2 Å². The Bertz CT molecular complexity index is 1470. The number of rotatable bonds is 6. The topological polar surface area (TPSA) is 125 Å². The third-order valence-corrected chi connectivity index (χ3v) is 8.45. The molecule has 1 atom stereocenters. The maximum atomic E-state index is 13.1. The van der Waals surface area contributed by atoms with Crippen LogP contribution in [0.2, 0.25) is 0 Å². The first-order chi connectivity index (χ1) is 17.1. The third-order valence-electron chi connectivity index (χ3n) is 6.71. The lowest BCUT2D eigenvalue weighted by molar-refractivity contribution is 0.0957. The molecular weight excluding hydrogens is 550 g/mol. The van der Waals surface area contributed by atoms with Gasteiger partial charge in [-0.1, -0.05) is 15.9 Å². The Labute approximate surface area is 217 Å². The normalized spacial score (nSPS) is 18.0. The van der Waals surface area contributed by atoms with Gasteiger partial charge in [0, 0.05) is 30.0 Å². The average molecular weight is 576 g/mol. The molecule has 5 rings (SSSR count). The molecule has 2 N–H and O–H groups in total. The van der Waals surface area contributed by atoms with Crippen molar-refractivity contribution >= 4 is 54.5 Å². The second kappa shape index (κ2) is 9.07. The number of sulfonamides is 1. The number of nitrogens with one attached hydrogen (secondary N) is 1. The Morgan fingerprint density at radius 2 is 1.86 bits per heavy atom. The van der Waals surface area contributed by atoms with E-state index in [0.717, 1.165) is 29.1 Å². The zero-order valence-electron chi connectivity index (χ0n) is 19.8. The number of hydrogen-bond donors (Lipinski definition) is 2. The molecule has 12 heteroatoms. The molecule has 1 aliphatic heterocycles. The molecule has 1 aliphatic carbocycles. The number of fused-ring (bicyclic) bond motifs is 1. The second-order valence-corrected chi connectivity index (χ2v) is 12.0. The van der Waals surface area contributed by atoms with Crippen molar-refractivity contribution in [1.82, 2.24) is 20.0 Å². The molecule has 1 unspecified atom stereocenters. The molecule has 1 aromatic heterocycles. The van der Waals surface area contributed by atoms with Gasteiger partial charge in [-0.3, -0.25) is 9.10 Å². The number of carboxylic acid groups (broad SMARTS) is 1. The summed E-state index contributed by atoms with van der Waals surface area (Å²) in [5, 5.41) is 17.5. The Hall–Kier alpha value is -3.12. The summed E-state index contributed by atoms with van der Waals surface area (Å²) in [5.74, 6) is -0.137. The Morgan fingerprint density at radius 3 is 2.42 bits per heavy atom. The fourth-order valence-corrected chi connectivity index (χ4v) is 6.40. The summed E-state index contributed by atoms with van der Waals surface area (Å²) >= 11 is 3.42. The number of aromatic nitrogens is 2. The zero-order chi connectivity index (χ0) is 25.8. The van der Waals surface area contributed by atoms with E-state index < -0.39 is 22.2 Å². The van der Waals surface area contributed by atoms with Crippen LogP contribution in [-0.4, -0.2) is 72.6 Å². The van der Waals surface area contributed by atoms with Crippen LogP contribution in [0.5, 0.6) is 0 Å². The molecule has 0 bridgehead atoms. The molecule has 2 amide bonds.